The quantitative estimate of drug-likeness (QED) is 0.00457. The average Bonchev–Trinajstić information content (AvgIpc) is 1.55. The van der Waals surface area contributed by atoms with Gasteiger partial charge in [0.25, 0.3) is 26.1 Å². The fraction of sp³-hybridized carbons (Fsp3) is 0.363. The number of ketones is 1. The number of aliphatic carboxylic acids is 2. The SMILES string of the molecule is CC[N+]1=C(/C=C/C=C/C=C2/N(CCCCCC(=O)N[C@@H](CCC(=O)O)C(=O)N3CCC[C@H]3C(=O)N[C@@H](CC(=O)O)C(=O)COC(=O)c3c(C)cc(C(=O)NCCCNC(=O)C4CCN(S(=O)(=O)c5ccccc5-c5c6ccc(=[N+]7CCc8ccccc87)cc-6oc6cc(N7CCc8ccccc87)ccc56)CC4)cc3C)c3ccc(S(=O)(=O)O)cc3C2(C)C)C(C)(C)c2cc(S(=O)(=O)O)ccc21. The maximum absolute atomic E-state index is 15.1. The van der Waals surface area contributed by atoms with E-state index in [0.717, 1.165) is 92.4 Å². The molecule has 136 heavy (non-hydrogen) atoms. The molecule has 34 heteroatoms. The highest BCUT2D eigenvalue weighted by Crippen LogP contribution is 2.50. The van der Waals surface area contributed by atoms with Crippen LogP contribution in [0, 0.1) is 19.8 Å². The number of likely N-dealkylation sites (tertiary alicyclic amines) is 1. The maximum Gasteiger partial charge on any atom is 0.339 e. The fourth-order valence-electron chi connectivity index (χ4n) is 19.9. The van der Waals surface area contributed by atoms with Gasteiger partial charge in [0.05, 0.1) is 38.2 Å². The van der Waals surface area contributed by atoms with E-state index < -0.39 is 132 Å². The predicted octanol–water partition coefficient (Wildman–Crippen LogP) is 12.5. The standard InChI is InChI=1S/C102H110N10O21S3/c1-8-108-82-40-35-71(135(126,127)128)59-76(82)101(4,5)89(108)30-11-9-12-31-90-102(6,7)77-60-72(136(129,130)131)36-41-83(77)111(90)49-20-10-13-32-91(114)105-78(39-42-92(115)116)99(122)112-50-21-28-84(112)98(121)106-79(61-93(117)118)85(113)62-132-100(123)94-63(2)55-68(56-64(94)3)97(120)104-48-22-47-103-96(119)67-43-51-107(52-44-67)134(124,125)88-29-19-16-25-75(88)95-73-37-33-69(109-53-45-65-23-14-17-26-80(65)109)57-86(73)133-87-58-70(34-38-74(87)95)110-54-46-66-24-15-18-27-81(66)110/h9,11-12,14-19,23-27,29-31,33-38,40-41,55-60,67,78-79,84H,8,10,13,20-22,28,32,39,42-54,61-62H2,1-7H3,(H6-2,103,104,105,106,114,115,116,117,118,119,120,121,126,127,128,129,130,131)/p+2/t78-,79-,84-/m0/s1. The van der Waals surface area contributed by atoms with Crippen molar-refractivity contribution in [2.75, 3.05) is 75.3 Å². The monoisotopic (exact) mass is 1910 g/mol. The maximum atomic E-state index is 15.1. The van der Waals surface area contributed by atoms with Crippen LogP contribution in [0.4, 0.5) is 28.4 Å². The first kappa shape index (κ1) is 97.4. The number of para-hydroxylation sites is 2. The molecule has 8 aliphatic rings. The number of ether oxygens (including phenoxy) is 1. The van der Waals surface area contributed by atoms with Crippen LogP contribution in [0.2, 0.25) is 0 Å². The number of carboxylic acid groups (broad SMARTS) is 2. The molecule has 2 saturated heterocycles. The second-order valence-electron chi connectivity index (χ2n) is 36.3. The molecule has 0 unspecified atom stereocenters. The van der Waals surface area contributed by atoms with Crippen LogP contribution in [0.25, 0.3) is 33.4 Å². The number of benzene rings is 8. The van der Waals surface area contributed by atoms with Crippen molar-refractivity contribution in [1.29, 1.82) is 0 Å². The van der Waals surface area contributed by atoms with E-state index in [1.807, 2.05) is 131 Å². The second-order valence-corrected chi connectivity index (χ2v) is 41.1. The largest absolute Gasteiger partial charge is 0.481 e. The normalized spacial score (nSPS) is 17.6. The van der Waals surface area contributed by atoms with Crippen molar-refractivity contribution in [3.05, 3.63) is 244 Å². The summed E-state index contributed by atoms with van der Waals surface area (Å²) < 4.78 is 117. The summed E-state index contributed by atoms with van der Waals surface area (Å²) in [6.45, 7) is 14.9. The number of carboxylic acids is 2. The van der Waals surface area contributed by atoms with Gasteiger partial charge in [0, 0.05) is 168 Å². The Labute approximate surface area is 789 Å². The fourth-order valence-corrected chi connectivity index (χ4v) is 22.5. The number of nitrogens with one attached hydrogen (secondary N) is 4. The lowest BCUT2D eigenvalue weighted by Gasteiger charge is -2.31. The molecule has 8 N–H and O–H groups in total. The average molecular weight is 1910 g/mol. The van der Waals surface area contributed by atoms with Crippen molar-refractivity contribution in [1.82, 2.24) is 35.0 Å². The molecule has 0 aromatic heterocycles. The van der Waals surface area contributed by atoms with Crippen LogP contribution < -0.4 is 41.0 Å². The van der Waals surface area contributed by atoms with E-state index in [0.29, 0.717) is 78.1 Å². The molecule has 7 aliphatic heterocycles. The van der Waals surface area contributed by atoms with Crippen LogP contribution >= 0.6 is 0 Å². The third kappa shape index (κ3) is 20.7. The number of carbonyl (C=O) groups is 9. The Balaban J connectivity index is 0.513. The van der Waals surface area contributed by atoms with Gasteiger partial charge in [0.15, 0.2) is 24.6 Å². The minimum atomic E-state index is -4.58. The lowest BCUT2D eigenvalue weighted by Crippen LogP contribution is -2.55. The van der Waals surface area contributed by atoms with Crippen molar-refractivity contribution in [2.45, 2.75) is 182 Å². The molecule has 7 aromatic carbocycles. The number of allylic oxidation sites excluding steroid dienone is 6. The number of rotatable bonds is 35. The van der Waals surface area contributed by atoms with E-state index in [1.165, 1.54) is 51.8 Å². The number of hydrogen-bond donors (Lipinski definition) is 8. The van der Waals surface area contributed by atoms with Crippen LogP contribution in [-0.4, -0.2) is 201 Å². The number of fused-ring (bicyclic) bond motifs is 6. The molecule has 1 aliphatic carbocycles. The highest BCUT2D eigenvalue weighted by Gasteiger charge is 2.47. The molecular formula is C102H112N10O21S3+2. The Kier molecular flexibility index (Phi) is 29.0. The van der Waals surface area contributed by atoms with Crippen LogP contribution in [-0.2, 0) is 92.2 Å². The number of piperidine rings is 1. The molecule has 5 amide bonds. The van der Waals surface area contributed by atoms with E-state index in [9.17, 15) is 79.3 Å². The summed E-state index contributed by atoms with van der Waals surface area (Å²) >= 11 is 0. The second kappa shape index (κ2) is 40.4. The molecule has 31 nitrogen and oxygen atoms in total. The van der Waals surface area contributed by atoms with Crippen LogP contribution in [0.5, 0.6) is 0 Å². The zero-order valence-electron chi connectivity index (χ0n) is 76.8. The highest BCUT2D eigenvalue weighted by molar-refractivity contribution is 7.89. The minimum Gasteiger partial charge on any atom is -0.481 e. The number of Topliss-reactive ketones (excluding diaryl/α,β-unsaturated/α-hetero) is 1. The van der Waals surface area contributed by atoms with Gasteiger partial charge >= 0.3 is 17.9 Å². The summed E-state index contributed by atoms with van der Waals surface area (Å²) in [4.78, 5) is 127. The Morgan fingerprint density at radius 1 is 0.625 bits per heavy atom. The predicted molar refractivity (Wildman–Crippen MR) is 512 cm³/mol. The van der Waals surface area contributed by atoms with Gasteiger partial charge in [0.2, 0.25) is 50.4 Å². The van der Waals surface area contributed by atoms with Crippen molar-refractivity contribution in [3.8, 4) is 22.5 Å². The molecule has 2 fully saturated rings. The topological polar surface area (TPSA) is 426 Å². The summed E-state index contributed by atoms with van der Waals surface area (Å²) in [5.74, 6) is -7.68. The minimum absolute atomic E-state index is 0.00811. The molecule has 712 valence electrons. The van der Waals surface area contributed by atoms with Gasteiger partial charge < -0.3 is 55.3 Å². The Hall–Kier alpha value is -13.1. The molecule has 0 saturated carbocycles. The van der Waals surface area contributed by atoms with Crippen LogP contribution in [0.15, 0.2) is 213 Å². The molecule has 0 bridgehead atoms. The van der Waals surface area contributed by atoms with Crippen molar-refractivity contribution < 1.29 is 101 Å². The van der Waals surface area contributed by atoms with Gasteiger partial charge in [-0.3, -0.25) is 47.5 Å². The number of nitrogens with zero attached hydrogens (tertiary/aromatic N) is 6. The van der Waals surface area contributed by atoms with Gasteiger partial charge in [-0.15, -0.1) is 0 Å². The van der Waals surface area contributed by atoms with E-state index >= 15 is 8.42 Å². The summed E-state index contributed by atoms with van der Waals surface area (Å²) in [5.41, 5.74) is 12.2. The Morgan fingerprint density at radius 2 is 1.32 bits per heavy atom. The summed E-state index contributed by atoms with van der Waals surface area (Å²) in [7, 11) is -13.2. The molecule has 0 spiro atoms. The lowest BCUT2D eigenvalue weighted by atomic mass is 9.81. The third-order valence-electron chi connectivity index (χ3n) is 26.8. The first-order chi connectivity index (χ1) is 64.8. The van der Waals surface area contributed by atoms with Gasteiger partial charge in [-0.05, 0) is 194 Å². The summed E-state index contributed by atoms with van der Waals surface area (Å²) in [6, 6.07) is 43.3. The van der Waals surface area contributed by atoms with E-state index in [-0.39, 0.29) is 103 Å². The highest BCUT2D eigenvalue weighted by atomic mass is 32.2. The molecule has 7 aromatic rings. The van der Waals surface area contributed by atoms with Gasteiger partial charge in [0.1, 0.15) is 36.0 Å². The van der Waals surface area contributed by atoms with E-state index in [1.54, 1.807) is 38.1 Å². The molecule has 7 heterocycles. The Bertz CT molecular complexity index is 6840. The number of amides is 5. The third-order valence-corrected chi connectivity index (χ3v) is 30.5. The van der Waals surface area contributed by atoms with E-state index in [4.69, 9.17) is 9.15 Å². The van der Waals surface area contributed by atoms with Gasteiger partial charge in [-0.25, -0.2) is 13.2 Å². The summed E-state index contributed by atoms with van der Waals surface area (Å²) in [6.07, 6.45) is 11.6. The number of carbonyl (C=O) groups excluding carboxylic acids is 7. The molecule has 15 rings (SSSR count). The number of aryl methyl sites for hydroxylation is 2. The molecular weight excluding hydrogens is 1800 g/mol. The Morgan fingerprint density at radius 3 is 2.05 bits per heavy atom. The number of hydrogen-bond acceptors (Lipinski definition) is 19. The van der Waals surface area contributed by atoms with Gasteiger partial charge in [-0.1, -0.05) is 93.1 Å². The first-order valence-electron chi connectivity index (χ1n) is 45.9. The number of esters is 1. The zero-order valence-corrected chi connectivity index (χ0v) is 79.3. The zero-order chi connectivity index (χ0) is 97.0. The van der Waals surface area contributed by atoms with Crippen molar-refractivity contribution >= 4 is 129 Å². The lowest BCUT2D eigenvalue weighted by molar-refractivity contribution is -0.433. The van der Waals surface area contributed by atoms with Gasteiger partial charge in [-0.2, -0.15) is 30.3 Å². The number of sulfonamides is 1. The van der Waals surface area contributed by atoms with Crippen LogP contribution in [0.1, 0.15) is 166 Å². The number of unbranched alkanes of at least 4 members (excludes halogenated alkanes) is 2. The van der Waals surface area contributed by atoms with Crippen molar-refractivity contribution in [2.24, 2.45) is 5.92 Å². The van der Waals surface area contributed by atoms with Crippen LogP contribution in [0.3, 0.4) is 0 Å². The van der Waals surface area contributed by atoms with E-state index in [2.05, 4.69) is 71.7 Å². The van der Waals surface area contributed by atoms with Crippen molar-refractivity contribution in [3.63, 3.8) is 0 Å². The summed E-state index contributed by atoms with van der Waals surface area (Å²) in [5, 5.41) is 32.3. The molecule has 0 radical (unpaired) electrons. The first-order valence-corrected chi connectivity index (χ1v) is 50.2. The number of anilines is 3. The molecule has 3 atom stereocenters. The smallest absolute Gasteiger partial charge is 0.339 e.